The van der Waals surface area contributed by atoms with Crippen LogP contribution in [0.1, 0.15) is 38.2 Å². The van der Waals surface area contributed by atoms with E-state index in [9.17, 15) is 4.79 Å². The monoisotopic (exact) mass is 346 g/mol. The number of piperazine rings is 1. The van der Waals surface area contributed by atoms with E-state index < -0.39 is 0 Å². The predicted molar refractivity (Wildman–Crippen MR) is 98.6 cm³/mol. The van der Waals surface area contributed by atoms with Gasteiger partial charge in [-0.05, 0) is 37.4 Å². The molecule has 2 aliphatic heterocycles. The molecule has 3 rings (SSSR count). The van der Waals surface area contributed by atoms with E-state index in [1.807, 2.05) is 6.20 Å². The highest BCUT2D eigenvalue weighted by Gasteiger charge is 2.17. The Labute approximate surface area is 150 Å². The highest BCUT2D eigenvalue weighted by atomic mass is 16.5. The van der Waals surface area contributed by atoms with Crippen molar-refractivity contribution in [3.05, 3.63) is 23.9 Å². The van der Waals surface area contributed by atoms with Gasteiger partial charge in [0.2, 0.25) is 5.91 Å². The summed E-state index contributed by atoms with van der Waals surface area (Å²) in [5.74, 6) is 1.12. The molecule has 1 aromatic rings. The molecule has 2 fully saturated rings. The molecular weight excluding hydrogens is 316 g/mol. The number of carbonyl (C=O) groups is 1. The molecule has 1 aromatic heterocycles. The van der Waals surface area contributed by atoms with E-state index in [1.54, 1.807) is 0 Å². The minimum atomic E-state index is 0.0928. The van der Waals surface area contributed by atoms with Crippen molar-refractivity contribution in [1.29, 1.82) is 0 Å². The number of nitrogens with one attached hydrogen (secondary N) is 1. The average Bonchev–Trinajstić information content (AvgIpc) is 3.19. The van der Waals surface area contributed by atoms with Crippen molar-refractivity contribution >= 4 is 11.7 Å². The molecule has 0 aliphatic carbocycles. The molecule has 6 heteroatoms. The molecule has 3 heterocycles. The molecule has 0 radical (unpaired) electrons. The first kappa shape index (κ1) is 18.1. The van der Waals surface area contributed by atoms with E-state index in [4.69, 9.17) is 4.74 Å². The fraction of sp³-hybridized carbons (Fsp3) is 0.684. The Bertz CT molecular complexity index is 535. The Balaban J connectivity index is 1.39. The lowest BCUT2D eigenvalue weighted by atomic mass is 10.1. The molecule has 2 saturated heterocycles. The van der Waals surface area contributed by atoms with Gasteiger partial charge in [-0.2, -0.15) is 0 Å². The van der Waals surface area contributed by atoms with Crippen molar-refractivity contribution in [1.82, 2.24) is 15.2 Å². The van der Waals surface area contributed by atoms with Crippen LogP contribution in [0.5, 0.6) is 0 Å². The number of anilines is 1. The van der Waals surface area contributed by atoms with Crippen LogP contribution in [0.3, 0.4) is 0 Å². The van der Waals surface area contributed by atoms with Gasteiger partial charge in [0.15, 0.2) is 0 Å². The summed E-state index contributed by atoms with van der Waals surface area (Å²) in [4.78, 5) is 21.3. The van der Waals surface area contributed by atoms with Gasteiger partial charge in [0.25, 0.3) is 0 Å². The lowest BCUT2D eigenvalue weighted by molar-refractivity contribution is -0.121. The lowest BCUT2D eigenvalue weighted by Gasteiger charge is -2.34. The zero-order chi connectivity index (χ0) is 17.5. The van der Waals surface area contributed by atoms with Gasteiger partial charge in [0.1, 0.15) is 5.82 Å². The Morgan fingerprint density at radius 2 is 2.16 bits per heavy atom. The summed E-state index contributed by atoms with van der Waals surface area (Å²) in [5, 5.41) is 2.98. The third kappa shape index (κ3) is 5.41. The van der Waals surface area contributed by atoms with Gasteiger partial charge in [0, 0.05) is 51.9 Å². The Hall–Kier alpha value is -1.66. The SMILES string of the molecule is CCN1CCN(c2ccc(CNC(=O)CCC3CCCO3)cn2)CC1. The van der Waals surface area contributed by atoms with Crippen LogP contribution in [-0.4, -0.2) is 61.2 Å². The number of ether oxygens (including phenoxy) is 1. The molecule has 0 spiro atoms. The quantitative estimate of drug-likeness (QED) is 0.816. The number of likely N-dealkylation sites (N-methyl/N-ethyl adjacent to an activating group) is 1. The van der Waals surface area contributed by atoms with Crippen LogP contribution in [-0.2, 0) is 16.1 Å². The number of aromatic nitrogens is 1. The van der Waals surface area contributed by atoms with Gasteiger partial charge < -0.3 is 19.9 Å². The summed E-state index contributed by atoms with van der Waals surface area (Å²) in [7, 11) is 0. The first-order valence-electron chi connectivity index (χ1n) is 9.55. The van der Waals surface area contributed by atoms with Crippen LogP contribution >= 0.6 is 0 Å². The number of hydrogen-bond donors (Lipinski definition) is 1. The summed E-state index contributed by atoms with van der Waals surface area (Å²) in [6.45, 7) is 8.96. The number of amides is 1. The van der Waals surface area contributed by atoms with E-state index in [1.165, 1.54) is 0 Å². The highest BCUT2D eigenvalue weighted by molar-refractivity contribution is 5.75. The minimum Gasteiger partial charge on any atom is -0.378 e. The zero-order valence-electron chi connectivity index (χ0n) is 15.2. The normalized spacial score (nSPS) is 21.5. The van der Waals surface area contributed by atoms with Gasteiger partial charge >= 0.3 is 0 Å². The topological polar surface area (TPSA) is 57.7 Å². The van der Waals surface area contributed by atoms with Gasteiger partial charge in [-0.3, -0.25) is 4.79 Å². The Morgan fingerprint density at radius 3 is 2.80 bits per heavy atom. The molecule has 6 nitrogen and oxygen atoms in total. The standard InChI is InChI=1S/C19H30N4O2/c1-2-22-9-11-23(12-10-22)18-7-5-16(14-20-18)15-21-19(24)8-6-17-4-3-13-25-17/h5,7,14,17H,2-4,6,8-13,15H2,1H3,(H,21,24). The van der Waals surface area contributed by atoms with Crippen molar-refractivity contribution < 1.29 is 9.53 Å². The second kappa shape index (κ2) is 9.15. The number of rotatable bonds is 7. The van der Waals surface area contributed by atoms with E-state index >= 15 is 0 Å². The van der Waals surface area contributed by atoms with E-state index in [2.05, 4.69) is 39.2 Å². The van der Waals surface area contributed by atoms with Gasteiger partial charge in [0.05, 0.1) is 6.10 Å². The second-order valence-electron chi connectivity index (χ2n) is 6.90. The molecule has 1 atom stereocenters. The number of pyridine rings is 1. The summed E-state index contributed by atoms with van der Waals surface area (Å²) in [6, 6.07) is 4.13. The van der Waals surface area contributed by atoms with Crippen LogP contribution in [0.2, 0.25) is 0 Å². The molecule has 138 valence electrons. The molecule has 25 heavy (non-hydrogen) atoms. The van der Waals surface area contributed by atoms with Crippen molar-refractivity contribution in [3.63, 3.8) is 0 Å². The largest absolute Gasteiger partial charge is 0.378 e. The van der Waals surface area contributed by atoms with Crippen LogP contribution < -0.4 is 10.2 Å². The number of carbonyl (C=O) groups excluding carboxylic acids is 1. The third-order valence-corrected chi connectivity index (χ3v) is 5.16. The fourth-order valence-corrected chi connectivity index (χ4v) is 3.45. The smallest absolute Gasteiger partial charge is 0.220 e. The van der Waals surface area contributed by atoms with Crippen LogP contribution in [0.15, 0.2) is 18.3 Å². The molecule has 1 unspecified atom stereocenters. The van der Waals surface area contributed by atoms with Crippen LogP contribution in [0.25, 0.3) is 0 Å². The first-order valence-corrected chi connectivity index (χ1v) is 9.55. The summed E-state index contributed by atoms with van der Waals surface area (Å²) in [6.07, 6.45) is 5.73. The second-order valence-corrected chi connectivity index (χ2v) is 6.90. The fourth-order valence-electron chi connectivity index (χ4n) is 3.45. The van der Waals surface area contributed by atoms with Crippen LogP contribution in [0.4, 0.5) is 5.82 Å². The third-order valence-electron chi connectivity index (χ3n) is 5.16. The summed E-state index contributed by atoms with van der Waals surface area (Å²) >= 11 is 0. The van der Waals surface area contributed by atoms with Crippen molar-refractivity contribution in [3.8, 4) is 0 Å². The van der Waals surface area contributed by atoms with Gasteiger partial charge in [-0.25, -0.2) is 4.98 Å². The molecule has 0 saturated carbocycles. The Morgan fingerprint density at radius 1 is 1.32 bits per heavy atom. The number of nitrogens with zero attached hydrogens (tertiary/aromatic N) is 3. The van der Waals surface area contributed by atoms with E-state index in [-0.39, 0.29) is 12.0 Å². The van der Waals surface area contributed by atoms with Gasteiger partial charge in [-0.1, -0.05) is 13.0 Å². The lowest BCUT2D eigenvalue weighted by Crippen LogP contribution is -2.46. The van der Waals surface area contributed by atoms with Crippen molar-refractivity contribution in [2.75, 3.05) is 44.2 Å². The maximum Gasteiger partial charge on any atom is 0.220 e. The Kier molecular flexibility index (Phi) is 6.64. The first-order chi connectivity index (χ1) is 12.2. The average molecular weight is 346 g/mol. The summed E-state index contributed by atoms with van der Waals surface area (Å²) in [5.41, 5.74) is 1.04. The van der Waals surface area contributed by atoms with Crippen molar-refractivity contribution in [2.45, 2.75) is 45.3 Å². The molecule has 0 bridgehead atoms. The predicted octanol–water partition coefficient (Wildman–Crippen LogP) is 1.80. The molecule has 1 amide bonds. The van der Waals surface area contributed by atoms with Gasteiger partial charge in [-0.15, -0.1) is 0 Å². The van der Waals surface area contributed by atoms with E-state index in [0.717, 1.165) is 70.0 Å². The highest BCUT2D eigenvalue weighted by Crippen LogP contribution is 2.17. The minimum absolute atomic E-state index is 0.0928. The van der Waals surface area contributed by atoms with Crippen molar-refractivity contribution in [2.24, 2.45) is 0 Å². The molecule has 0 aromatic carbocycles. The number of hydrogen-bond acceptors (Lipinski definition) is 5. The van der Waals surface area contributed by atoms with Crippen LogP contribution in [0, 0.1) is 0 Å². The molecule has 1 N–H and O–H groups in total. The molecule has 2 aliphatic rings. The van der Waals surface area contributed by atoms with E-state index in [0.29, 0.717) is 13.0 Å². The maximum atomic E-state index is 11.9. The molecular formula is C19H30N4O2. The zero-order valence-corrected chi connectivity index (χ0v) is 15.2. The maximum absolute atomic E-state index is 11.9. The summed E-state index contributed by atoms with van der Waals surface area (Å²) < 4.78 is 5.55.